The van der Waals surface area contributed by atoms with Gasteiger partial charge in [-0.1, -0.05) is 20.3 Å². The number of nitrogens with one attached hydrogen (secondary N) is 1. The van der Waals surface area contributed by atoms with Crippen molar-refractivity contribution >= 4 is 11.3 Å². The van der Waals surface area contributed by atoms with E-state index in [1.54, 1.807) is 0 Å². The Morgan fingerprint density at radius 1 is 1.44 bits per heavy atom. The van der Waals surface area contributed by atoms with Crippen molar-refractivity contribution in [3.8, 4) is 0 Å². The molecule has 2 rings (SSSR count). The number of aromatic nitrogens is 1. The third kappa shape index (κ3) is 3.05. The third-order valence-corrected chi connectivity index (χ3v) is 4.58. The molecule has 1 aromatic rings. The van der Waals surface area contributed by atoms with Crippen molar-refractivity contribution in [1.82, 2.24) is 10.3 Å². The molecule has 16 heavy (non-hydrogen) atoms. The Hall–Kier alpha value is -0.410. The molecule has 1 saturated carbocycles. The van der Waals surface area contributed by atoms with Gasteiger partial charge in [0, 0.05) is 24.2 Å². The zero-order valence-corrected chi connectivity index (χ0v) is 11.2. The number of hydrogen-bond donors (Lipinski definition) is 1. The van der Waals surface area contributed by atoms with Gasteiger partial charge in [-0.15, -0.1) is 11.3 Å². The molecular formula is C13H22N2S. The number of rotatable bonds is 7. The lowest BCUT2D eigenvalue weighted by molar-refractivity contribution is 0.421. The minimum atomic E-state index is 0.660. The zero-order chi connectivity index (χ0) is 11.4. The van der Waals surface area contributed by atoms with E-state index in [2.05, 4.69) is 24.1 Å². The van der Waals surface area contributed by atoms with Crippen molar-refractivity contribution < 1.29 is 0 Å². The van der Waals surface area contributed by atoms with E-state index in [0.29, 0.717) is 5.41 Å². The lowest BCUT2D eigenvalue weighted by Gasteiger charge is -2.14. The molecule has 1 N–H and O–H groups in total. The topological polar surface area (TPSA) is 24.9 Å². The van der Waals surface area contributed by atoms with Gasteiger partial charge in [-0.3, -0.25) is 0 Å². The van der Waals surface area contributed by atoms with Crippen LogP contribution in [-0.2, 0) is 13.0 Å². The second-order valence-corrected chi connectivity index (χ2v) is 6.13. The van der Waals surface area contributed by atoms with Crippen LogP contribution in [0.1, 0.15) is 49.4 Å². The maximum atomic E-state index is 4.38. The number of aryl methyl sites for hydroxylation is 1. The maximum Gasteiger partial charge on any atom is 0.0925 e. The summed E-state index contributed by atoms with van der Waals surface area (Å²) in [6.45, 7) is 6.65. The van der Waals surface area contributed by atoms with Gasteiger partial charge in [-0.25, -0.2) is 4.98 Å². The van der Waals surface area contributed by atoms with E-state index in [9.17, 15) is 0 Å². The molecule has 1 heterocycles. The van der Waals surface area contributed by atoms with Gasteiger partial charge in [-0.05, 0) is 31.1 Å². The fourth-order valence-corrected chi connectivity index (χ4v) is 3.10. The lowest BCUT2D eigenvalue weighted by Crippen LogP contribution is -2.23. The van der Waals surface area contributed by atoms with Crippen molar-refractivity contribution in [3.05, 3.63) is 16.1 Å². The Morgan fingerprint density at radius 2 is 2.25 bits per heavy atom. The van der Waals surface area contributed by atoms with Gasteiger partial charge in [0.1, 0.15) is 0 Å². The van der Waals surface area contributed by atoms with E-state index in [1.165, 1.54) is 42.1 Å². The Labute approximate surface area is 102 Å². The second kappa shape index (κ2) is 5.28. The molecule has 0 spiro atoms. The van der Waals surface area contributed by atoms with Crippen molar-refractivity contribution in [2.45, 2.75) is 52.5 Å². The summed E-state index contributed by atoms with van der Waals surface area (Å²) in [6, 6.07) is 0. The van der Waals surface area contributed by atoms with Gasteiger partial charge in [0.2, 0.25) is 0 Å². The summed E-state index contributed by atoms with van der Waals surface area (Å²) in [6.07, 6.45) is 8.65. The highest BCUT2D eigenvalue weighted by molar-refractivity contribution is 7.11. The number of nitrogens with zero attached hydrogens (tertiary/aromatic N) is 1. The summed E-state index contributed by atoms with van der Waals surface area (Å²) in [5, 5.41) is 4.85. The van der Waals surface area contributed by atoms with E-state index < -0.39 is 0 Å². The molecule has 0 bridgehead atoms. The normalized spacial score (nSPS) is 17.6. The van der Waals surface area contributed by atoms with E-state index in [4.69, 9.17) is 0 Å². The van der Waals surface area contributed by atoms with Crippen LogP contribution in [0.3, 0.4) is 0 Å². The highest BCUT2D eigenvalue weighted by Gasteiger charge is 2.40. The summed E-state index contributed by atoms with van der Waals surface area (Å²) < 4.78 is 0. The van der Waals surface area contributed by atoms with Crippen molar-refractivity contribution in [3.63, 3.8) is 0 Å². The Balaban J connectivity index is 1.71. The van der Waals surface area contributed by atoms with Crippen LogP contribution in [0.4, 0.5) is 0 Å². The predicted octanol–water partition coefficient (Wildman–Crippen LogP) is 3.38. The Kier molecular flexibility index (Phi) is 3.98. The SMILES string of the molecule is CCCC1(CNCc2cnc(CC)s2)CC1. The molecular weight excluding hydrogens is 216 g/mol. The van der Waals surface area contributed by atoms with Gasteiger partial charge < -0.3 is 5.32 Å². The van der Waals surface area contributed by atoms with E-state index in [0.717, 1.165) is 13.0 Å². The van der Waals surface area contributed by atoms with E-state index in [1.807, 2.05) is 17.5 Å². The average Bonchev–Trinajstić information content (AvgIpc) is 2.89. The predicted molar refractivity (Wildman–Crippen MR) is 69.8 cm³/mol. The molecule has 0 saturated heterocycles. The lowest BCUT2D eigenvalue weighted by atomic mass is 10.0. The van der Waals surface area contributed by atoms with Gasteiger partial charge in [0.05, 0.1) is 5.01 Å². The maximum absolute atomic E-state index is 4.38. The van der Waals surface area contributed by atoms with Gasteiger partial charge in [0.25, 0.3) is 0 Å². The summed E-state index contributed by atoms with van der Waals surface area (Å²) in [7, 11) is 0. The van der Waals surface area contributed by atoms with E-state index >= 15 is 0 Å². The van der Waals surface area contributed by atoms with Crippen LogP contribution in [0.5, 0.6) is 0 Å². The third-order valence-electron chi connectivity index (χ3n) is 3.44. The smallest absolute Gasteiger partial charge is 0.0925 e. The molecule has 0 radical (unpaired) electrons. The van der Waals surface area contributed by atoms with Gasteiger partial charge in [0.15, 0.2) is 0 Å². The van der Waals surface area contributed by atoms with Crippen molar-refractivity contribution in [1.29, 1.82) is 0 Å². The molecule has 3 heteroatoms. The van der Waals surface area contributed by atoms with Crippen LogP contribution >= 0.6 is 11.3 Å². The molecule has 0 aliphatic heterocycles. The molecule has 1 aliphatic rings. The first-order chi connectivity index (χ1) is 7.78. The summed E-state index contributed by atoms with van der Waals surface area (Å²) in [4.78, 5) is 5.76. The molecule has 90 valence electrons. The Bertz CT molecular complexity index is 328. The molecule has 0 unspecified atom stereocenters. The van der Waals surface area contributed by atoms with Crippen LogP contribution in [0.15, 0.2) is 6.20 Å². The molecule has 1 aromatic heterocycles. The van der Waals surface area contributed by atoms with Crippen LogP contribution in [-0.4, -0.2) is 11.5 Å². The largest absolute Gasteiger partial charge is 0.311 e. The first kappa shape index (κ1) is 12.1. The minimum absolute atomic E-state index is 0.660. The Morgan fingerprint density at radius 3 is 2.81 bits per heavy atom. The second-order valence-electron chi connectivity index (χ2n) is 4.93. The van der Waals surface area contributed by atoms with Crippen LogP contribution in [0.25, 0.3) is 0 Å². The first-order valence-electron chi connectivity index (χ1n) is 6.42. The monoisotopic (exact) mass is 238 g/mol. The van der Waals surface area contributed by atoms with Gasteiger partial charge >= 0.3 is 0 Å². The standard InChI is InChI=1S/C13H22N2S/c1-3-5-13(6-7-13)10-14-8-11-9-15-12(4-2)16-11/h9,14H,3-8,10H2,1-2H3. The highest BCUT2D eigenvalue weighted by atomic mass is 32.1. The fourth-order valence-electron chi connectivity index (χ4n) is 2.27. The molecule has 0 aromatic carbocycles. The van der Waals surface area contributed by atoms with Crippen molar-refractivity contribution in [2.75, 3.05) is 6.54 Å². The number of thiazole rings is 1. The average molecular weight is 238 g/mol. The quantitative estimate of drug-likeness (QED) is 0.787. The molecule has 1 fully saturated rings. The molecule has 0 amide bonds. The summed E-state index contributed by atoms with van der Waals surface area (Å²) in [5.74, 6) is 0. The zero-order valence-electron chi connectivity index (χ0n) is 10.4. The first-order valence-corrected chi connectivity index (χ1v) is 7.24. The van der Waals surface area contributed by atoms with Crippen LogP contribution in [0.2, 0.25) is 0 Å². The fraction of sp³-hybridized carbons (Fsp3) is 0.769. The summed E-state index contributed by atoms with van der Waals surface area (Å²) >= 11 is 1.84. The summed E-state index contributed by atoms with van der Waals surface area (Å²) in [5.41, 5.74) is 0.660. The van der Waals surface area contributed by atoms with Crippen LogP contribution in [0, 0.1) is 5.41 Å². The highest BCUT2D eigenvalue weighted by Crippen LogP contribution is 2.48. The van der Waals surface area contributed by atoms with Crippen molar-refractivity contribution in [2.24, 2.45) is 5.41 Å². The molecule has 1 aliphatic carbocycles. The van der Waals surface area contributed by atoms with Crippen LogP contribution < -0.4 is 5.32 Å². The number of hydrogen-bond acceptors (Lipinski definition) is 3. The minimum Gasteiger partial charge on any atom is -0.311 e. The molecule has 0 atom stereocenters. The van der Waals surface area contributed by atoms with Gasteiger partial charge in [-0.2, -0.15) is 0 Å². The van der Waals surface area contributed by atoms with E-state index in [-0.39, 0.29) is 0 Å². The molecule has 2 nitrogen and oxygen atoms in total.